The molecule has 0 aromatic rings. The number of rotatable bonds is 0. The zero-order valence-electron chi connectivity index (χ0n) is 8.35. The van der Waals surface area contributed by atoms with Gasteiger partial charge in [-0.1, -0.05) is 0 Å². The van der Waals surface area contributed by atoms with E-state index in [0.717, 1.165) is 0 Å². The molecule has 0 atom stereocenters. The van der Waals surface area contributed by atoms with Crippen LogP contribution in [0.2, 0.25) is 0 Å². The van der Waals surface area contributed by atoms with Gasteiger partial charge < -0.3 is 71.0 Å². The quantitative estimate of drug-likeness (QED) is 0.271. The van der Waals surface area contributed by atoms with E-state index in [2.05, 4.69) is 26.9 Å². The number of hydrogen-bond acceptors (Lipinski definition) is 6. The van der Waals surface area contributed by atoms with Crippen LogP contribution in [0, 0.1) is 71.0 Å². The molecule has 0 aromatic heterocycles. The molecule has 0 aromatic carbocycles. The molecule has 0 heterocycles. The number of hydrogen-bond donors (Lipinski definition) is 0. The van der Waals surface area contributed by atoms with Gasteiger partial charge in [0.25, 0.3) is 0 Å². The van der Waals surface area contributed by atoms with E-state index in [0.29, 0.717) is 0 Å². The Hall–Kier alpha value is 1.64. The molecule has 78 valence electrons. The van der Waals surface area contributed by atoms with E-state index in [1.807, 2.05) is 0 Å². The molecule has 0 unspecified atom stereocenters. The summed E-state index contributed by atoms with van der Waals surface area (Å²) in [4.78, 5) is 0. The fourth-order valence-corrected chi connectivity index (χ4v) is 0. The number of nitrogens with zero attached hydrogens (tertiary/aromatic N) is 6. The smallest absolute Gasteiger partial charge is 1.00 e. The first-order valence-electron chi connectivity index (χ1n) is 1.45. The molecule has 0 rings (SSSR count). The average molecular weight is 443 g/mol. The molecule has 0 bridgehead atoms. The van der Waals surface area contributed by atoms with Crippen LogP contribution in [0.5, 0.6) is 0 Å². The van der Waals surface area contributed by atoms with Gasteiger partial charge in [0.05, 0.1) is 0 Å². The molecule has 0 radical (unpaired) electrons. The second-order valence-electron chi connectivity index (χ2n) is 0. The molecule has 6 nitrogen and oxygen atoms in total. The van der Waals surface area contributed by atoms with Crippen molar-refractivity contribution in [3.63, 3.8) is 0 Å². The summed E-state index contributed by atoms with van der Waals surface area (Å²) in [5.41, 5.74) is 0. The van der Waals surface area contributed by atoms with Crippen molar-refractivity contribution in [2.24, 2.45) is 0 Å². The van der Waals surface area contributed by atoms with Gasteiger partial charge in [-0.15, -0.1) is 0 Å². The van der Waals surface area contributed by atoms with Crippen molar-refractivity contribution in [2.45, 2.75) is 0 Å². The normalized spacial score (nSPS) is 1.19. The Kier molecular flexibility index (Phi) is 6180. The Balaban J connectivity index is -0.00000000500. The monoisotopic (exact) mass is 442 g/mol. The van der Waals surface area contributed by atoms with E-state index in [1.54, 1.807) is 0 Å². The van der Waals surface area contributed by atoms with Gasteiger partial charge in [-0.25, -0.2) is 0 Å². The molecular formula is C6CsFeKN6Ni-4. The van der Waals surface area contributed by atoms with Gasteiger partial charge in [0.15, 0.2) is 0 Å². The van der Waals surface area contributed by atoms with Gasteiger partial charge in [0.1, 0.15) is 0 Å². The summed E-state index contributed by atoms with van der Waals surface area (Å²) in [6, 6.07) is 0. The topological polar surface area (TPSA) is 143 Å². The van der Waals surface area contributed by atoms with E-state index < -0.39 is 0 Å². The van der Waals surface area contributed by atoms with Crippen LogP contribution in [0.25, 0.3) is 0 Å². The summed E-state index contributed by atoms with van der Waals surface area (Å²) in [6.45, 7) is 28.5. The Bertz CT molecular complexity index is 119. The summed E-state index contributed by atoms with van der Waals surface area (Å²) in [7, 11) is 0. The molecule has 0 N–H and O–H groups in total. The summed E-state index contributed by atoms with van der Waals surface area (Å²) < 4.78 is 0. The average Bonchev–Trinajstić information content (AvgIpc) is 2.45. The molecule has 0 saturated heterocycles. The predicted molar refractivity (Wildman–Crippen MR) is 29.8 cm³/mol. The van der Waals surface area contributed by atoms with Crippen LogP contribution in [0.3, 0.4) is 0 Å². The zero-order chi connectivity index (χ0) is 14.0. The van der Waals surface area contributed by atoms with Crippen LogP contribution in [0.1, 0.15) is 0 Å². The van der Waals surface area contributed by atoms with E-state index in [9.17, 15) is 0 Å². The van der Waals surface area contributed by atoms with Gasteiger partial charge in [0, 0.05) is 0 Å². The van der Waals surface area contributed by atoms with Crippen LogP contribution in [0.4, 0.5) is 0 Å². The second-order valence-corrected chi connectivity index (χ2v) is 0. The molecule has 16 heavy (non-hydrogen) atoms. The minimum atomic E-state index is 0. The van der Waals surface area contributed by atoms with E-state index in [4.69, 9.17) is 71.0 Å². The van der Waals surface area contributed by atoms with Gasteiger partial charge in [-0.3, -0.25) is 0 Å². The Labute approximate surface area is 212 Å². The molecular weight excluding hydrogens is 443 g/mol. The molecule has 0 aliphatic rings. The predicted octanol–water partition coefficient (Wildman–Crippen LogP) is -5.42. The summed E-state index contributed by atoms with van der Waals surface area (Å²) in [5, 5.41) is 37.5. The Morgan fingerprint density at radius 1 is 0.500 bits per heavy atom. The molecule has 0 fully saturated rings. The first-order valence-corrected chi connectivity index (χ1v) is 3.24. The van der Waals surface area contributed by atoms with Gasteiger partial charge in [-0.05, 0) is 0 Å². The minimum absolute atomic E-state index is 0. The van der Waals surface area contributed by atoms with Crippen LogP contribution in [-0.2, 0) is 26.9 Å². The molecule has 0 aliphatic heterocycles. The summed E-state index contributed by atoms with van der Waals surface area (Å²) >= 11 is 6.50. The third kappa shape index (κ3) is 1240. The van der Waals surface area contributed by atoms with E-state index in [1.165, 1.54) is 0 Å². The van der Waals surface area contributed by atoms with Gasteiger partial charge in [0.2, 0.25) is 0 Å². The fraction of sp³-hybridized carbons (Fsp3) is 0. The van der Waals surface area contributed by atoms with Crippen molar-refractivity contribution in [3.8, 4) is 0 Å². The fourth-order valence-electron chi connectivity index (χ4n) is 0. The van der Waals surface area contributed by atoms with Crippen LogP contribution < -0.4 is 120 Å². The van der Waals surface area contributed by atoms with Crippen molar-refractivity contribution in [1.29, 1.82) is 31.6 Å². The molecule has 0 amide bonds. The van der Waals surface area contributed by atoms with Gasteiger partial charge in [-0.2, -0.15) is 0 Å². The molecule has 0 saturated carbocycles. The minimum Gasteiger partial charge on any atom is 1.00 e. The van der Waals surface area contributed by atoms with E-state index >= 15 is 0 Å². The zero-order valence-corrected chi connectivity index (χ0v) is 19.8. The maximum Gasteiger partial charge on any atom is 1.00 e. The van der Waals surface area contributed by atoms with Crippen molar-refractivity contribution in [2.75, 3.05) is 0 Å². The second kappa shape index (κ2) is 1510. The van der Waals surface area contributed by atoms with Crippen LogP contribution in [-0.4, -0.2) is 0 Å². The standard InChI is InChI=1S/6CN.Cs.Fe.K.Ni/c6*1-2;;;;/q6*-1;+1;;+1;. The maximum absolute atomic E-state index is 6.25. The SMILES string of the molecule is [C-]#N.[C-]#N.[C-]#N.[C-]#N.[C-]#N.[C-]#N.[Cs+].[Fe]=[Ni].[K+]. The third-order valence-electron chi connectivity index (χ3n) is 0. The van der Waals surface area contributed by atoms with Crippen LogP contribution in [0.15, 0.2) is 0 Å². The summed E-state index contributed by atoms with van der Waals surface area (Å²) in [6.07, 6.45) is 0. The first kappa shape index (κ1) is 65.4. The van der Waals surface area contributed by atoms with E-state index in [-0.39, 0.29) is 120 Å². The Morgan fingerprint density at radius 3 is 0.500 bits per heavy atom. The first-order chi connectivity index (χ1) is 7.00. The maximum atomic E-state index is 6.25. The van der Waals surface area contributed by atoms with Crippen molar-refractivity contribution in [3.05, 3.63) is 39.4 Å². The van der Waals surface area contributed by atoms with Gasteiger partial charge >= 0.3 is 147 Å². The third-order valence-corrected chi connectivity index (χ3v) is 0. The van der Waals surface area contributed by atoms with Crippen molar-refractivity contribution < 1.29 is 147 Å². The molecule has 0 aliphatic carbocycles. The summed E-state index contributed by atoms with van der Waals surface area (Å²) in [5.74, 6) is 0. The van der Waals surface area contributed by atoms with Crippen molar-refractivity contribution >= 4 is 0 Å². The van der Waals surface area contributed by atoms with Crippen molar-refractivity contribution in [1.82, 2.24) is 0 Å². The molecule has 10 heteroatoms. The van der Waals surface area contributed by atoms with Crippen LogP contribution >= 0.6 is 0 Å². The largest absolute Gasteiger partial charge is 1.00 e. The molecule has 0 spiro atoms. The Morgan fingerprint density at radius 2 is 0.500 bits per heavy atom.